The molecule has 0 aliphatic heterocycles. The van der Waals surface area contributed by atoms with Crippen LogP contribution in [0.2, 0.25) is 0 Å². The standard InChI is InChI=1S/C28H37NO2/c1-21(11-16-26-23(3)10-7-18-28(26,4)5)8-6-9-22(2)20-27(31)29-25-14-12-24(13-15-25)17-19-30/h6,8-9,11-16,20,30H,7,10,17-19H2,1-5H3,(H,29,31). The summed E-state index contributed by atoms with van der Waals surface area (Å²) >= 11 is 0. The third-order valence-corrected chi connectivity index (χ3v) is 5.75. The first-order chi connectivity index (χ1) is 14.7. The maximum absolute atomic E-state index is 12.2. The number of aliphatic hydroxyl groups is 1. The summed E-state index contributed by atoms with van der Waals surface area (Å²) in [6.07, 6.45) is 16.4. The first-order valence-corrected chi connectivity index (χ1v) is 11.1. The molecular formula is C28H37NO2. The smallest absolute Gasteiger partial charge is 0.248 e. The maximum atomic E-state index is 12.2. The van der Waals surface area contributed by atoms with Crippen molar-refractivity contribution in [2.75, 3.05) is 11.9 Å². The van der Waals surface area contributed by atoms with Crippen molar-refractivity contribution in [3.8, 4) is 0 Å². The Labute approximate surface area is 188 Å². The molecule has 0 spiro atoms. The lowest BCUT2D eigenvalue weighted by molar-refractivity contribution is -0.111. The number of amides is 1. The van der Waals surface area contributed by atoms with Crippen LogP contribution in [0.1, 0.15) is 59.4 Å². The molecule has 2 rings (SSSR count). The van der Waals surface area contributed by atoms with Crippen LogP contribution < -0.4 is 5.32 Å². The fraction of sp³-hybridized carbons (Fsp3) is 0.393. The van der Waals surface area contributed by atoms with Gasteiger partial charge in [-0.15, -0.1) is 0 Å². The summed E-state index contributed by atoms with van der Waals surface area (Å²) in [6.45, 7) is 11.0. The number of hydrogen-bond donors (Lipinski definition) is 2. The molecule has 1 amide bonds. The molecule has 0 atom stereocenters. The molecule has 1 aliphatic rings. The zero-order valence-corrected chi connectivity index (χ0v) is 19.7. The van der Waals surface area contributed by atoms with Crippen LogP contribution in [0.3, 0.4) is 0 Å². The predicted molar refractivity (Wildman–Crippen MR) is 132 cm³/mol. The summed E-state index contributed by atoms with van der Waals surface area (Å²) in [7, 11) is 0. The second-order valence-corrected chi connectivity index (χ2v) is 9.08. The minimum atomic E-state index is -0.153. The highest BCUT2D eigenvalue weighted by Crippen LogP contribution is 2.40. The molecule has 3 heteroatoms. The lowest BCUT2D eigenvalue weighted by atomic mass is 9.72. The van der Waals surface area contributed by atoms with E-state index in [1.807, 2.05) is 43.3 Å². The Morgan fingerprint density at radius 1 is 1.13 bits per heavy atom. The summed E-state index contributed by atoms with van der Waals surface area (Å²) < 4.78 is 0. The average Bonchev–Trinajstić information content (AvgIpc) is 2.68. The number of allylic oxidation sites excluding steroid dienone is 9. The van der Waals surface area contributed by atoms with Crippen LogP contribution in [-0.2, 0) is 11.2 Å². The average molecular weight is 420 g/mol. The van der Waals surface area contributed by atoms with Crippen LogP contribution in [0, 0.1) is 5.41 Å². The maximum Gasteiger partial charge on any atom is 0.248 e. The molecule has 0 saturated heterocycles. The Bertz CT molecular complexity index is 909. The third-order valence-electron chi connectivity index (χ3n) is 5.75. The molecule has 3 nitrogen and oxygen atoms in total. The molecule has 0 heterocycles. The molecule has 1 aliphatic carbocycles. The van der Waals surface area contributed by atoms with Crippen LogP contribution in [0.4, 0.5) is 5.69 Å². The van der Waals surface area contributed by atoms with E-state index in [1.165, 1.54) is 36.0 Å². The number of aliphatic hydroxyl groups excluding tert-OH is 1. The van der Waals surface area contributed by atoms with Gasteiger partial charge in [0.2, 0.25) is 5.91 Å². The summed E-state index contributed by atoms with van der Waals surface area (Å²) in [4.78, 5) is 12.2. The first kappa shape index (κ1) is 24.6. The molecule has 31 heavy (non-hydrogen) atoms. The molecule has 0 aromatic heterocycles. The van der Waals surface area contributed by atoms with Crippen molar-refractivity contribution >= 4 is 11.6 Å². The van der Waals surface area contributed by atoms with Crippen LogP contribution >= 0.6 is 0 Å². The Balaban J connectivity index is 1.93. The van der Waals surface area contributed by atoms with Crippen molar-refractivity contribution in [2.24, 2.45) is 5.41 Å². The highest BCUT2D eigenvalue weighted by Gasteiger charge is 2.26. The van der Waals surface area contributed by atoms with Crippen molar-refractivity contribution in [3.63, 3.8) is 0 Å². The van der Waals surface area contributed by atoms with E-state index in [0.717, 1.165) is 16.8 Å². The van der Waals surface area contributed by atoms with Crippen LogP contribution in [0.15, 0.2) is 83.0 Å². The Morgan fingerprint density at radius 2 is 1.84 bits per heavy atom. The molecule has 0 radical (unpaired) electrons. The summed E-state index contributed by atoms with van der Waals surface area (Å²) in [6, 6.07) is 7.53. The van der Waals surface area contributed by atoms with Crippen LogP contribution in [0.5, 0.6) is 0 Å². The summed E-state index contributed by atoms with van der Waals surface area (Å²) in [5, 5.41) is 11.8. The van der Waals surface area contributed by atoms with Gasteiger partial charge in [0.05, 0.1) is 0 Å². The van der Waals surface area contributed by atoms with E-state index < -0.39 is 0 Å². The SMILES string of the molecule is CC(C=CC1=C(C)CCCC1(C)C)=CC=CC(C)=CC(=O)Nc1ccc(CCO)cc1. The van der Waals surface area contributed by atoms with Gasteiger partial charge < -0.3 is 10.4 Å². The molecular weight excluding hydrogens is 382 g/mol. The van der Waals surface area contributed by atoms with E-state index in [4.69, 9.17) is 5.11 Å². The number of hydrogen-bond acceptors (Lipinski definition) is 2. The molecule has 2 N–H and O–H groups in total. The van der Waals surface area contributed by atoms with Gasteiger partial charge in [0.1, 0.15) is 0 Å². The molecule has 0 saturated carbocycles. The van der Waals surface area contributed by atoms with E-state index in [1.54, 1.807) is 6.08 Å². The number of carbonyl (C=O) groups is 1. The van der Waals surface area contributed by atoms with Crippen LogP contribution in [0.25, 0.3) is 0 Å². The Morgan fingerprint density at radius 3 is 2.48 bits per heavy atom. The number of carbonyl (C=O) groups excluding carboxylic acids is 1. The Hall–Kier alpha value is -2.65. The van der Waals surface area contributed by atoms with Gasteiger partial charge in [0, 0.05) is 18.4 Å². The van der Waals surface area contributed by atoms with E-state index in [-0.39, 0.29) is 17.9 Å². The van der Waals surface area contributed by atoms with Gasteiger partial charge in [-0.05, 0) is 80.7 Å². The topological polar surface area (TPSA) is 49.3 Å². The van der Waals surface area contributed by atoms with Crippen LogP contribution in [-0.4, -0.2) is 17.6 Å². The minimum Gasteiger partial charge on any atom is -0.396 e. The number of benzene rings is 1. The van der Waals surface area contributed by atoms with E-state index in [9.17, 15) is 4.79 Å². The van der Waals surface area contributed by atoms with Crippen molar-refractivity contribution in [1.82, 2.24) is 0 Å². The number of rotatable bonds is 8. The number of anilines is 1. The summed E-state index contributed by atoms with van der Waals surface area (Å²) in [5.74, 6) is -0.153. The minimum absolute atomic E-state index is 0.124. The van der Waals surface area contributed by atoms with Gasteiger partial charge in [-0.25, -0.2) is 0 Å². The zero-order valence-electron chi connectivity index (χ0n) is 19.7. The van der Waals surface area contributed by atoms with Gasteiger partial charge >= 0.3 is 0 Å². The lowest BCUT2D eigenvalue weighted by Gasteiger charge is -2.32. The van der Waals surface area contributed by atoms with E-state index in [2.05, 4.69) is 51.2 Å². The van der Waals surface area contributed by atoms with Gasteiger partial charge in [-0.1, -0.05) is 67.5 Å². The van der Waals surface area contributed by atoms with Gasteiger partial charge in [-0.2, -0.15) is 0 Å². The highest BCUT2D eigenvalue weighted by atomic mass is 16.3. The lowest BCUT2D eigenvalue weighted by Crippen LogP contribution is -2.19. The normalized spacial score (nSPS) is 17.6. The molecule has 0 bridgehead atoms. The fourth-order valence-corrected chi connectivity index (χ4v) is 3.95. The van der Waals surface area contributed by atoms with Crippen molar-refractivity contribution in [1.29, 1.82) is 0 Å². The zero-order chi connectivity index (χ0) is 22.9. The first-order valence-electron chi connectivity index (χ1n) is 11.1. The fourth-order valence-electron chi connectivity index (χ4n) is 3.95. The van der Waals surface area contributed by atoms with E-state index in [0.29, 0.717) is 6.42 Å². The second-order valence-electron chi connectivity index (χ2n) is 9.08. The van der Waals surface area contributed by atoms with Gasteiger partial charge in [-0.3, -0.25) is 4.79 Å². The quantitative estimate of drug-likeness (QED) is 0.364. The van der Waals surface area contributed by atoms with Crippen molar-refractivity contribution in [2.45, 2.75) is 60.3 Å². The monoisotopic (exact) mass is 419 g/mol. The molecule has 1 aromatic carbocycles. The molecule has 0 unspecified atom stereocenters. The van der Waals surface area contributed by atoms with Crippen molar-refractivity contribution in [3.05, 3.63) is 88.6 Å². The number of nitrogens with one attached hydrogen (secondary N) is 1. The highest BCUT2D eigenvalue weighted by molar-refractivity contribution is 5.99. The van der Waals surface area contributed by atoms with Gasteiger partial charge in [0.25, 0.3) is 0 Å². The largest absolute Gasteiger partial charge is 0.396 e. The predicted octanol–water partition coefficient (Wildman–Crippen LogP) is 6.69. The van der Waals surface area contributed by atoms with Crippen molar-refractivity contribution < 1.29 is 9.90 Å². The van der Waals surface area contributed by atoms with Gasteiger partial charge in [0.15, 0.2) is 0 Å². The molecule has 0 fully saturated rings. The second kappa shape index (κ2) is 11.7. The Kier molecular flexibility index (Phi) is 9.26. The summed E-state index contributed by atoms with van der Waals surface area (Å²) in [5.41, 5.74) is 7.07. The third kappa shape index (κ3) is 8.18. The van der Waals surface area contributed by atoms with E-state index >= 15 is 0 Å². The molecule has 1 aromatic rings. The molecule has 166 valence electrons.